The summed E-state index contributed by atoms with van der Waals surface area (Å²) in [5.74, 6) is -0.660. The van der Waals surface area contributed by atoms with Gasteiger partial charge in [-0.15, -0.1) is 0 Å². The van der Waals surface area contributed by atoms with Gasteiger partial charge < -0.3 is 5.32 Å². The van der Waals surface area contributed by atoms with E-state index in [0.29, 0.717) is 30.0 Å². The van der Waals surface area contributed by atoms with Gasteiger partial charge in [-0.25, -0.2) is 12.8 Å². The third kappa shape index (κ3) is 4.00. The van der Waals surface area contributed by atoms with Crippen LogP contribution in [0.15, 0.2) is 53.4 Å². The van der Waals surface area contributed by atoms with Crippen LogP contribution in [0.1, 0.15) is 35.5 Å². The summed E-state index contributed by atoms with van der Waals surface area (Å²) in [7, 11) is -3.82. The summed E-state index contributed by atoms with van der Waals surface area (Å²) in [4.78, 5) is 12.7. The van der Waals surface area contributed by atoms with Crippen molar-refractivity contribution in [3.8, 4) is 0 Å². The molecule has 0 radical (unpaired) electrons. The van der Waals surface area contributed by atoms with Crippen molar-refractivity contribution in [2.75, 3.05) is 10.8 Å². The van der Waals surface area contributed by atoms with E-state index in [1.807, 2.05) is 18.2 Å². The van der Waals surface area contributed by atoms with Crippen LogP contribution in [0.25, 0.3) is 0 Å². The van der Waals surface area contributed by atoms with Gasteiger partial charge in [-0.1, -0.05) is 30.3 Å². The second-order valence-electron chi connectivity index (χ2n) is 7.95. The van der Waals surface area contributed by atoms with E-state index in [2.05, 4.69) is 10.4 Å². The molecule has 2 heterocycles. The molecule has 1 atom stereocenters. The van der Waals surface area contributed by atoms with Crippen molar-refractivity contribution in [3.63, 3.8) is 0 Å². The number of hydrogen-bond donors (Lipinski definition) is 1. The van der Waals surface area contributed by atoms with Crippen LogP contribution in [-0.4, -0.2) is 30.7 Å². The zero-order chi connectivity index (χ0) is 23.0. The first kappa shape index (κ1) is 22.0. The maximum atomic E-state index is 13.5. The summed E-state index contributed by atoms with van der Waals surface area (Å²) < 4.78 is 42.9. The first-order chi connectivity index (χ1) is 15.2. The molecule has 1 N–H and O–H groups in total. The van der Waals surface area contributed by atoms with Gasteiger partial charge in [-0.3, -0.25) is 13.8 Å². The number of rotatable bonds is 6. The lowest BCUT2D eigenvalue weighted by Crippen LogP contribution is -2.31. The number of anilines is 1. The van der Waals surface area contributed by atoms with Crippen LogP contribution in [0.4, 0.5) is 10.1 Å². The highest BCUT2D eigenvalue weighted by Gasteiger charge is 2.35. The van der Waals surface area contributed by atoms with Crippen LogP contribution < -0.4 is 9.62 Å². The number of aryl methyl sites for hydroxylation is 1. The third-order valence-corrected chi connectivity index (χ3v) is 7.81. The van der Waals surface area contributed by atoms with Gasteiger partial charge in [0.15, 0.2) is 0 Å². The summed E-state index contributed by atoms with van der Waals surface area (Å²) in [6.45, 7) is 5.35. The van der Waals surface area contributed by atoms with Gasteiger partial charge in [0.05, 0.1) is 23.1 Å². The molecule has 0 unspecified atom stereocenters. The number of nitrogens with one attached hydrogen (secondary N) is 1. The summed E-state index contributed by atoms with van der Waals surface area (Å²) in [5.41, 5.74) is 3.21. The third-order valence-electron chi connectivity index (χ3n) is 5.75. The summed E-state index contributed by atoms with van der Waals surface area (Å²) in [6.07, 6.45) is 0.658. The molecule has 1 aromatic heterocycles. The lowest BCUT2D eigenvalue weighted by Gasteiger charge is -2.20. The second kappa shape index (κ2) is 8.38. The number of halogens is 1. The molecule has 1 amide bonds. The second-order valence-corrected chi connectivity index (χ2v) is 9.75. The Morgan fingerprint density at radius 2 is 1.84 bits per heavy atom. The predicted molar refractivity (Wildman–Crippen MR) is 119 cm³/mol. The molecule has 0 fully saturated rings. The molecule has 7 nitrogen and oxygen atoms in total. The van der Waals surface area contributed by atoms with E-state index in [1.165, 1.54) is 21.1 Å². The SMILES string of the molecule is Cc1nn(CC(=O)N[C@@H](C)c2ccc(F)cc2)c(C)c1S(=O)(=O)N1CCc2ccccc21. The molecule has 4 rings (SSSR count). The summed E-state index contributed by atoms with van der Waals surface area (Å²) >= 11 is 0. The molecule has 0 aliphatic carbocycles. The fourth-order valence-corrected chi connectivity index (χ4v) is 6.02. The molecule has 0 spiro atoms. The molecule has 2 aromatic carbocycles. The molecule has 1 aliphatic heterocycles. The Morgan fingerprint density at radius 1 is 1.16 bits per heavy atom. The van der Waals surface area contributed by atoms with E-state index in [4.69, 9.17) is 0 Å². The van der Waals surface area contributed by atoms with E-state index < -0.39 is 10.0 Å². The number of sulfonamides is 1. The number of aromatic nitrogens is 2. The van der Waals surface area contributed by atoms with Gasteiger partial charge in [0.25, 0.3) is 10.0 Å². The smallest absolute Gasteiger partial charge is 0.268 e. The zero-order valence-corrected chi connectivity index (χ0v) is 19.0. The molecule has 3 aromatic rings. The van der Waals surface area contributed by atoms with Crippen LogP contribution >= 0.6 is 0 Å². The zero-order valence-electron chi connectivity index (χ0n) is 18.2. The minimum absolute atomic E-state index is 0.121. The van der Waals surface area contributed by atoms with Crippen molar-refractivity contribution in [1.82, 2.24) is 15.1 Å². The number of benzene rings is 2. The highest BCUT2D eigenvalue weighted by molar-refractivity contribution is 7.93. The molecule has 1 aliphatic rings. The van der Waals surface area contributed by atoms with E-state index in [9.17, 15) is 17.6 Å². The number of carbonyl (C=O) groups excluding carboxylic acids is 1. The van der Waals surface area contributed by atoms with Crippen LogP contribution in [0, 0.1) is 19.7 Å². The van der Waals surface area contributed by atoms with Crippen LogP contribution in [0.3, 0.4) is 0 Å². The lowest BCUT2D eigenvalue weighted by molar-refractivity contribution is -0.122. The lowest BCUT2D eigenvalue weighted by atomic mass is 10.1. The van der Waals surface area contributed by atoms with Crippen molar-refractivity contribution in [2.24, 2.45) is 0 Å². The average Bonchev–Trinajstić information content (AvgIpc) is 3.30. The van der Waals surface area contributed by atoms with Crippen molar-refractivity contribution in [3.05, 3.63) is 76.9 Å². The fourth-order valence-electron chi connectivity index (χ4n) is 4.13. The number of para-hydroxylation sites is 1. The highest BCUT2D eigenvalue weighted by Crippen LogP contribution is 2.34. The predicted octanol–water partition coefficient (Wildman–Crippen LogP) is 3.27. The Kier molecular flexibility index (Phi) is 5.77. The Hall–Kier alpha value is -3.20. The summed E-state index contributed by atoms with van der Waals surface area (Å²) in [6, 6.07) is 13.0. The van der Waals surface area contributed by atoms with E-state index in [0.717, 1.165) is 11.1 Å². The molecule has 0 saturated heterocycles. The number of hydrogen-bond acceptors (Lipinski definition) is 4. The molecule has 0 bridgehead atoms. The molecule has 32 heavy (non-hydrogen) atoms. The normalized spacial score (nSPS) is 14.3. The van der Waals surface area contributed by atoms with E-state index in [-0.39, 0.29) is 29.2 Å². The number of nitrogens with zero attached hydrogens (tertiary/aromatic N) is 3. The van der Waals surface area contributed by atoms with Crippen molar-refractivity contribution in [1.29, 1.82) is 0 Å². The minimum Gasteiger partial charge on any atom is -0.348 e. The maximum absolute atomic E-state index is 13.5. The average molecular weight is 457 g/mol. The largest absolute Gasteiger partial charge is 0.348 e. The fraction of sp³-hybridized carbons (Fsp3) is 0.304. The molecular weight excluding hydrogens is 431 g/mol. The molecular formula is C23H25FN4O3S. The van der Waals surface area contributed by atoms with Gasteiger partial charge in [0.2, 0.25) is 5.91 Å². The van der Waals surface area contributed by atoms with Crippen molar-refractivity contribution in [2.45, 2.75) is 44.7 Å². The highest BCUT2D eigenvalue weighted by atomic mass is 32.2. The van der Waals surface area contributed by atoms with Gasteiger partial charge in [0.1, 0.15) is 17.3 Å². The number of carbonyl (C=O) groups is 1. The van der Waals surface area contributed by atoms with E-state index >= 15 is 0 Å². The van der Waals surface area contributed by atoms with Crippen LogP contribution in [0.5, 0.6) is 0 Å². The van der Waals surface area contributed by atoms with Crippen LogP contribution in [0.2, 0.25) is 0 Å². The topological polar surface area (TPSA) is 84.3 Å². The number of amides is 1. The van der Waals surface area contributed by atoms with Gasteiger partial charge in [0, 0.05) is 6.54 Å². The van der Waals surface area contributed by atoms with Crippen LogP contribution in [-0.2, 0) is 27.8 Å². The standard InChI is InChI=1S/C23H25FN4O3S/c1-15(18-8-10-20(24)11-9-18)25-22(29)14-27-17(3)23(16(2)26-27)32(30,31)28-13-12-19-6-4-5-7-21(19)28/h4-11,15H,12-14H2,1-3H3,(H,25,29)/t15-/m0/s1. The monoisotopic (exact) mass is 456 g/mol. The van der Waals surface area contributed by atoms with Crippen molar-refractivity contribution >= 4 is 21.6 Å². The Balaban J connectivity index is 1.54. The van der Waals surface area contributed by atoms with E-state index in [1.54, 1.807) is 39.0 Å². The van der Waals surface area contributed by atoms with Gasteiger partial charge >= 0.3 is 0 Å². The Morgan fingerprint density at radius 3 is 2.56 bits per heavy atom. The minimum atomic E-state index is -3.82. The quantitative estimate of drug-likeness (QED) is 0.617. The Labute approximate surface area is 186 Å². The first-order valence-electron chi connectivity index (χ1n) is 10.4. The van der Waals surface area contributed by atoms with Gasteiger partial charge in [-0.2, -0.15) is 5.10 Å². The summed E-state index contributed by atoms with van der Waals surface area (Å²) in [5, 5.41) is 7.18. The van der Waals surface area contributed by atoms with Crippen molar-refractivity contribution < 1.29 is 17.6 Å². The molecule has 0 saturated carbocycles. The molecule has 9 heteroatoms. The van der Waals surface area contributed by atoms with Gasteiger partial charge in [-0.05, 0) is 56.5 Å². The Bertz CT molecular complexity index is 1270. The molecule has 168 valence electrons. The number of fused-ring (bicyclic) bond motifs is 1. The first-order valence-corrected chi connectivity index (χ1v) is 11.8. The maximum Gasteiger partial charge on any atom is 0.268 e.